The van der Waals surface area contributed by atoms with Crippen molar-refractivity contribution in [3.05, 3.63) is 11.9 Å². The maximum Gasteiger partial charge on any atom is 0.244 e. The predicted molar refractivity (Wildman–Crippen MR) is 84.8 cm³/mol. The lowest BCUT2D eigenvalue weighted by Gasteiger charge is -2.24. The van der Waals surface area contributed by atoms with E-state index in [1.165, 1.54) is 0 Å². The molecule has 118 valence electrons. The molecule has 21 heavy (non-hydrogen) atoms. The molecule has 1 aromatic heterocycles. The van der Waals surface area contributed by atoms with Crippen LogP contribution in [0.3, 0.4) is 0 Å². The molecule has 1 unspecified atom stereocenters. The minimum atomic E-state index is -0.347. The van der Waals surface area contributed by atoms with Gasteiger partial charge in [-0.2, -0.15) is 0 Å². The van der Waals surface area contributed by atoms with Crippen molar-refractivity contribution in [3.8, 4) is 0 Å². The summed E-state index contributed by atoms with van der Waals surface area (Å²) in [5.41, 5.74) is 2.53. The predicted octanol–water partition coefficient (Wildman–Crippen LogP) is 1.38. The molecule has 0 bridgehead atoms. The molecular weight excluding hydrogens is 268 g/mol. The number of carbonyl (C=O) groups excluding carboxylic acids is 1. The largest absolute Gasteiger partial charge is 0.358 e. The number of hydrogen-bond acceptors (Lipinski definition) is 6. The standard InChI is InChI=1S/C14H26N6O/c1-5-8-11-17-12(9-13(18-11)19-15)16-10(4)14(21)20(6-2)7-3/h9-10H,5-8,15H2,1-4H3,(H2,16,17,18,19). The monoisotopic (exact) mass is 294 g/mol. The fourth-order valence-electron chi connectivity index (χ4n) is 2.07. The van der Waals surface area contributed by atoms with E-state index in [0.29, 0.717) is 30.5 Å². The second-order valence-electron chi connectivity index (χ2n) is 4.83. The first-order valence-electron chi connectivity index (χ1n) is 7.45. The molecule has 0 spiro atoms. The third-order valence-corrected chi connectivity index (χ3v) is 3.20. The molecule has 1 amide bonds. The van der Waals surface area contributed by atoms with Crippen LogP contribution >= 0.6 is 0 Å². The van der Waals surface area contributed by atoms with E-state index in [9.17, 15) is 4.79 Å². The lowest BCUT2D eigenvalue weighted by Crippen LogP contribution is -2.41. The van der Waals surface area contributed by atoms with Gasteiger partial charge in [0.05, 0.1) is 0 Å². The summed E-state index contributed by atoms with van der Waals surface area (Å²) in [6.45, 7) is 9.22. The van der Waals surface area contributed by atoms with Crippen LogP contribution in [-0.2, 0) is 11.2 Å². The number of carbonyl (C=O) groups is 1. The van der Waals surface area contributed by atoms with Gasteiger partial charge in [-0.05, 0) is 27.2 Å². The van der Waals surface area contributed by atoms with Crippen LogP contribution in [0, 0.1) is 0 Å². The van der Waals surface area contributed by atoms with Crippen molar-refractivity contribution in [1.29, 1.82) is 0 Å². The number of hydrazine groups is 1. The SMILES string of the molecule is CCCc1nc(NN)cc(NC(C)C(=O)N(CC)CC)n1. The Morgan fingerprint density at radius 1 is 1.29 bits per heavy atom. The minimum Gasteiger partial charge on any atom is -0.358 e. The molecule has 0 aliphatic heterocycles. The molecule has 0 saturated heterocycles. The molecule has 7 heteroatoms. The molecule has 4 N–H and O–H groups in total. The van der Waals surface area contributed by atoms with Crippen LogP contribution in [-0.4, -0.2) is 39.9 Å². The smallest absolute Gasteiger partial charge is 0.244 e. The Hall–Kier alpha value is -1.89. The van der Waals surface area contributed by atoms with E-state index in [1.54, 1.807) is 11.0 Å². The van der Waals surface area contributed by atoms with Crippen LogP contribution in [0.2, 0.25) is 0 Å². The van der Waals surface area contributed by atoms with Gasteiger partial charge in [0, 0.05) is 25.6 Å². The van der Waals surface area contributed by atoms with Crippen molar-refractivity contribution in [2.45, 2.75) is 46.6 Å². The van der Waals surface area contributed by atoms with E-state index in [2.05, 4.69) is 27.6 Å². The molecule has 1 rings (SSSR count). The number of likely N-dealkylation sites (N-methyl/N-ethyl adjacent to an activating group) is 1. The quantitative estimate of drug-likeness (QED) is 0.495. The van der Waals surface area contributed by atoms with E-state index < -0.39 is 0 Å². The van der Waals surface area contributed by atoms with Crippen molar-refractivity contribution in [2.75, 3.05) is 23.8 Å². The second-order valence-corrected chi connectivity index (χ2v) is 4.83. The summed E-state index contributed by atoms with van der Waals surface area (Å²) in [5.74, 6) is 7.33. The van der Waals surface area contributed by atoms with Gasteiger partial charge in [0.25, 0.3) is 0 Å². The Morgan fingerprint density at radius 3 is 2.43 bits per heavy atom. The summed E-state index contributed by atoms with van der Waals surface area (Å²) < 4.78 is 0. The molecule has 0 saturated carbocycles. The fourth-order valence-corrected chi connectivity index (χ4v) is 2.07. The van der Waals surface area contributed by atoms with Crippen molar-refractivity contribution in [2.24, 2.45) is 5.84 Å². The zero-order valence-electron chi connectivity index (χ0n) is 13.3. The first-order chi connectivity index (χ1) is 10.0. The van der Waals surface area contributed by atoms with Crippen molar-refractivity contribution < 1.29 is 4.79 Å². The van der Waals surface area contributed by atoms with Crippen LogP contribution in [0.25, 0.3) is 0 Å². The number of aromatic nitrogens is 2. The molecule has 7 nitrogen and oxygen atoms in total. The highest BCUT2D eigenvalue weighted by molar-refractivity contribution is 5.84. The summed E-state index contributed by atoms with van der Waals surface area (Å²) in [4.78, 5) is 22.7. The lowest BCUT2D eigenvalue weighted by atomic mass is 10.2. The molecule has 1 atom stereocenters. The summed E-state index contributed by atoms with van der Waals surface area (Å²) in [5, 5.41) is 3.13. The highest BCUT2D eigenvalue weighted by atomic mass is 16.2. The number of amides is 1. The number of rotatable bonds is 8. The Bertz CT molecular complexity index is 461. The Labute approximate surface area is 126 Å². The number of hydrogen-bond donors (Lipinski definition) is 3. The third-order valence-electron chi connectivity index (χ3n) is 3.20. The minimum absolute atomic E-state index is 0.0536. The molecule has 0 fully saturated rings. The molecule has 0 aliphatic carbocycles. The number of aryl methyl sites for hydroxylation is 1. The highest BCUT2D eigenvalue weighted by Gasteiger charge is 2.18. The van der Waals surface area contributed by atoms with E-state index in [-0.39, 0.29) is 11.9 Å². The van der Waals surface area contributed by atoms with Gasteiger partial charge in [0.2, 0.25) is 5.91 Å². The first-order valence-corrected chi connectivity index (χ1v) is 7.45. The summed E-state index contributed by atoms with van der Waals surface area (Å²) in [6.07, 6.45) is 1.71. The van der Waals surface area contributed by atoms with E-state index in [4.69, 9.17) is 5.84 Å². The average molecular weight is 294 g/mol. The van der Waals surface area contributed by atoms with Gasteiger partial charge in [0.1, 0.15) is 23.5 Å². The van der Waals surface area contributed by atoms with Crippen LogP contribution < -0.4 is 16.6 Å². The van der Waals surface area contributed by atoms with Crippen molar-refractivity contribution >= 4 is 17.5 Å². The van der Waals surface area contributed by atoms with Crippen LogP contribution in [0.4, 0.5) is 11.6 Å². The molecule has 1 heterocycles. The Morgan fingerprint density at radius 2 is 1.90 bits per heavy atom. The molecular formula is C14H26N6O. The number of nitrogen functional groups attached to an aromatic ring is 1. The maximum absolute atomic E-state index is 12.3. The van der Waals surface area contributed by atoms with Gasteiger partial charge in [-0.3, -0.25) is 4.79 Å². The first kappa shape index (κ1) is 17.2. The van der Waals surface area contributed by atoms with E-state index in [1.807, 2.05) is 20.8 Å². The average Bonchev–Trinajstić information content (AvgIpc) is 2.48. The third kappa shape index (κ3) is 4.86. The molecule has 0 aliphatic rings. The van der Waals surface area contributed by atoms with Gasteiger partial charge < -0.3 is 15.6 Å². The second kappa shape index (κ2) is 8.41. The van der Waals surface area contributed by atoms with Crippen LogP contribution in [0.15, 0.2) is 6.07 Å². The molecule has 0 aromatic carbocycles. The van der Waals surface area contributed by atoms with Crippen LogP contribution in [0.1, 0.15) is 39.9 Å². The van der Waals surface area contributed by atoms with Crippen LogP contribution in [0.5, 0.6) is 0 Å². The van der Waals surface area contributed by atoms with Gasteiger partial charge in [-0.25, -0.2) is 15.8 Å². The summed E-state index contributed by atoms with van der Waals surface area (Å²) in [6, 6.07) is 1.35. The highest BCUT2D eigenvalue weighted by Crippen LogP contribution is 2.13. The number of nitrogens with one attached hydrogen (secondary N) is 2. The normalized spacial score (nSPS) is 11.9. The zero-order valence-corrected chi connectivity index (χ0v) is 13.3. The molecule has 0 radical (unpaired) electrons. The van der Waals surface area contributed by atoms with Crippen molar-refractivity contribution in [1.82, 2.24) is 14.9 Å². The van der Waals surface area contributed by atoms with Gasteiger partial charge in [-0.15, -0.1) is 0 Å². The summed E-state index contributed by atoms with van der Waals surface area (Å²) in [7, 11) is 0. The van der Waals surface area contributed by atoms with E-state index in [0.717, 1.165) is 12.8 Å². The van der Waals surface area contributed by atoms with Crippen molar-refractivity contribution in [3.63, 3.8) is 0 Å². The van der Waals surface area contributed by atoms with Gasteiger partial charge in [-0.1, -0.05) is 6.92 Å². The zero-order chi connectivity index (χ0) is 15.8. The number of nitrogens with two attached hydrogens (primary N) is 1. The topological polar surface area (TPSA) is 96.2 Å². The number of anilines is 2. The van der Waals surface area contributed by atoms with E-state index >= 15 is 0 Å². The van der Waals surface area contributed by atoms with Gasteiger partial charge in [0.15, 0.2) is 0 Å². The summed E-state index contributed by atoms with van der Waals surface area (Å²) >= 11 is 0. The Balaban J connectivity index is 2.85. The lowest BCUT2D eigenvalue weighted by molar-refractivity contribution is -0.131. The fraction of sp³-hybridized carbons (Fsp3) is 0.643. The maximum atomic E-state index is 12.3. The molecule has 1 aromatic rings. The Kier molecular flexibility index (Phi) is 6.87. The number of nitrogens with zero attached hydrogens (tertiary/aromatic N) is 3. The van der Waals surface area contributed by atoms with Gasteiger partial charge >= 0.3 is 0 Å².